The van der Waals surface area contributed by atoms with Gasteiger partial charge < -0.3 is 19.9 Å². The van der Waals surface area contributed by atoms with Gasteiger partial charge in [-0.3, -0.25) is 4.79 Å². The molecule has 2 aromatic carbocycles. The molecule has 0 fully saturated rings. The van der Waals surface area contributed by atoms with Crippen molar-refractivity contribution in [3.05, 3.63) is 77.0 Å². The summed E-state index contributed by atoms with van der Waals surface area (Å²) in [5.74, 6) is 0.806. The minimum atomic E-state index is -4.62. The predicted octanol–water partition coefficient (Wildman–Crippen LogP) is 5.98. The Morgan fingerprint density at radius 2 is 1.89 bits per heavy atom. The van der Waals surface area contributed by atoms with Gasteiger partial charge in [0, 0.05) is 37.6 Å². The predicted molar refractivity (Wildman–Crippen MR) is 139 cm³/mol. The Balaban J connectivity index is 1.63. The number of aromatic nitrogens is 2. The number of carbonyl (C=O) groups excluding carboxylic acids is 1. The highest BCUT2D eigenvalue weighted by Gasteiger charge is 2.33. The highest BCUT2D eigenvalue weighted by Crippen LogP contribution is 2.36. The molecule has 0 saturated heterocycles. The molecule has 0 radical (unpaired) electrons. The first-order valence-corrected chi connectivity index (χ1v) is 11.7. The summed E-state index contributed by atoms with van der Waals surface area (Å²) in [7, 11) is 5.96. The Morgan fingerprint density at radius 1 is 1.11 bits per heavy atom. The zero-order valence-electron chi connectivity index (χ0n) is 20.6. The van der Waals surface area contributed by atoms with Crippen molar-refractivity contribution in [2.24, 2.45) is 0 Å². The summed E-state index contributed by atoms with van der Waals surface area (Å²) in [5, 5.41) is 1.96. The number of ether oxygens (including phenoxy) is 1. The van der Waals surface area contributed by atoms with E-state index in [1.54, 1.807) is 36.5 Å². The molecular weight excluding hydrogens is 507 g/mol. The Labute approximate surface area is 218 Å². The fourth-order valence-corrected chi connectivity index (χ4v) is 3.50. The molecular formula is C26H27ClF3N5O2. The van der Waals surface area contributed by atoms with Gasteiger partial charge in [-0.05, 0) is 69.0 Å². The van der Waals surface area contributed by atoms with Crippen LogP contribution in [-0.4, -0.2) is 55.0 Å². The number of benzene rings is 2. The molecule has 0 aliphatic carbocycles. The molecule has 37 heavy (non-hydrogen) atoms. The van der Waals surface area contributed by atoms with E-state index in [-0.39, 0.29) is 5.69 Å². The van der Waals surface area contributed by atoms with Crippen molar-refractivity contribution < 1.29 is 22.7 Å². The molecule has 3 rings (SSSR count). The lowest BCUT2D eigenvalue weighted by atomic mass is 10.2. The summed E-state index contributed by atoms with van der Waals surface area (Å²) in [6.45, 7) is 1.74. The second-order valence-corrected chi connectivity index (χ2v) is 8.87. The maximum absolute atomic E-state index is 13.0. The second-order valence-electron chi connectivity index (χ2n) is 8.46. The van der Waals surface area contributed by atoms with Gasteiger partial charge in [0.05, 0.1) is 10.6 Å². The Bertz CT molecular complexity index is 1250. The zero-order valence-corrected chi connectivity index (χ0v) is 21.3. The number of hydrogen-bond acceptors (Lipinski definition) is 6. The number of amides is 1. The van der Waals surface area contributed by atoms with Gasteiger partial charge in [-0.2, -0.15) is 18.2 Å². The van der Waals surface area contributed by atoms with E-state index in [0.717, 1.165) is 31.6 Å². The molecule has 0 saturated carbocycles. The minimum Gasteiger partial charge on any atom is -0.439 e. The van der Waals surface area contributed by atoms with Crippen molar-refractivity contribution >= 4 is 35.2 Å². The van der Waals surface area contributed by atoms with Gasteiger partial charge in [0.15, 0.2) is 0 Å². The van der Waals surface area contributed by atoms with Crippen LogP contribution < -0.4 is 15.0 Å². The average molecular weight is 534 g/mol. The summed E-state index contributed by atoms with van der Waals surface area (Å²) in [4.78, 5) is 25.1. The summed E-state index contributed by atoms with van der Waals surface area (Å²) in [6, 6.07) is 11.8. The van der Waals surface area contributed by atoms with Crippen LogP contribution in [0.15, 0.2) is 60.8 Å². The van der Waals surface area contributed by atoms with Gasteiger partial charge >= 0.3 is 6.18 Å². The van der Waals surface area contributed by atoms with Crippen LogP contribution in [0.3, 0.4) is 0 Å². The topological polar surface area (TPSA) is 70.6 Å². The average Bonchev–Trinajstić information content (AvgIpc) is 2.83. The zero-order chi connectivity index (χ0) is 27.0. The lowest BCUT2D eigenvalue weighted by molar-refractivity contribution is -0.137. The standard InChI is InChI=1S/C26H27ClF3N5O2/c1-34(2)14-5-15-35(3)25-31-13-12-24(33-25)37-20-7-4-6-18(16-20)8-11-23(36)32-19-9-10-22(27)21(17-19)26(28,29)30/h4,6-13,16-17H,5,14-15H2,1-3H3,(H,32,36)/b11-8+. The van der Waals surface area contributed by atoms with Crippen molar-refractivity contribution in [3.8, 4) is 11.6 Å². The number of anilines is 2. The molecule has 0 unspecified atom stereocenters. The quantitative estimate of drug-likeness (QED) is 0.323. The number of nitrogens with one attached hydrogen (secondary N) is 1. The third-order valence-electron chi connectivity index (χ3n) is 5.10. The highest BCUT2D eigenvalue weighted by molar-refractivity contribution is 6.31. The first kappa shape index (κ1) is 27.9. The maximum Gasteiger partial charge on any atom is 0.417 e. The molecule has 0 aliphatic rings. The number of nitrogens with zero attached hydrogens (tertiary/aromatic N) is 4. The number of rotatable bonds is 10. The largest absolute Gasteiger partial charge is 0.439 e. The van der Waals surface area contributed by atoms with Gasteiger partial charge in [0.1, 0.15) is 5.75 Å². The molecule has 1 aromatic heterocycles. The normalized spacial score (nSPS) is 11.7. The van der Waals surface area contributed by atoms with Crippen molar-refractivity contribution in [1.29, 1.82) is 0 Å². The summed E-state index contributed by atoms with van der Waals surface area (Å²) in [5.41, 5.74) is -0.391. The molecule has 3 aromatic rings. The SMILES string of the molecule is CN(C)CCCN(C)c1nccc(Oc2cccc(/C=C/C(=O)Nc3ccc(Cl)c(C(F)(F)F)c3)c2)n1. The van der Waals surface area contributed by atoms with Crippen LogP contribution >= 0.6 is 11.6 Å². The smallest absolute Gasteiger partial charge is 0.417 e. The summed E-state index contributed by atoms with van der Waals surface area (Å²) in [6.07, 6.45) is 0.690. The van der Waals surface area contributed by atoms with Crippen molar-refractivity contribution in [2.75, 3.05) is 44.4 Å². The lowest BCUT2D eigenvalue weighted by Crippen LogP contribution is -2.24. The van der Waals surface area contributed by atoms with Crippen LogP contribution in [0.25, 0.3) is 6.08 Å². The number of halogens is 4. The number of alkyl halides is 3. The van der Waals surface area contributed by atoms with Crippen LogP contribution in [0, 0.1) is 0 Å². The molecule has 1 N–H and O–H groups in total. The van der Waals surface area contributed by atoms with E-state index in [1.807, 2.05) is 26.0 Å². The van der Waals surface area contributed by atoms with Crippen molar-refractivity contribution in [2.45, 2.75) is 12.6 Å². The molecule has 0 atom stereocenters. The fourth-order valence-electron chi connectivity index (χ4n) is 3.28. The molecule has 1 amide bonds. The van der Waals surface area contributed by atoms with Gasteiger partial charge in [0.2, 0.25) is 17.7 Å². The molecule has 7 nitrogen and oxygen atoms in total. The first-order chi connectivity index (χ1) is 17.5. The van der Waals surface area contributed by atoms with Crippen LogP contribution in [0.2, 0.25) is 5.02 Å². The fraction of sp³-hybridized carbons (Fsp3) is 0.269. The molecule has 0 aliphatic heterocycles. The molecule has 0 spiro atoms. The van der Waals surface area contributed by atoms with E-state index >= 15 is 0 Å². The molecule has 1 heterocycles. The van der Waals surface area contributed by atoms with Gasteiger partial charge in [-0.25, -0.2) is 4.98 Å². The monoisotopic (exact) mass is 533 g/mol. The Hall–Kier alpha value is -3.63. The lowest BCUT2D eigenvalue weighted by Gasteiger charge is -2.18. The Morgan fingerprint density at radius 3 is 2.62 bits per heavy atom. The molecule has 196 valence electrons. The van der Waals surface area contributed by atoms with E-state index in [2.05, 4.69) is 20.2 Å². The molecule has 11 heteroatoms. The van der Waals surface area contributed by atoms with E-state index in [4.69, 9.17) is 16.3 Å². The minimum absolute atomic E-state index is 0.0188. The van der Waals surface area contributed by atoms with Crippen LogP contribution in [0.1, 0.15) is 17.5 Å². The highest BCUT2D eigenvalue weighted by atomic mass is 35.5. The van der Waals surface area contributed by atoms with E-state index in [1.165, 1.54) is 18.2 Å². The van der Waals surface area contributed by atoms with Crippen LogP contribution in [0.4, 0.5) is 24.8 Å². The summed E-state index contributed by atoms with van der Waals surface area (Å²) < 4.78 is 45.0. The first-order valence-electron chi connectivity index (χ1n) is 11.3. The van der Waals surface area contributed by atoms with Crippen LogP contribution in [0.5, 0.6) is 11.6 Å². The Kier molecular flexibility index (Phi) is 9.48. The second kappa shape index (κ2) is 12.6. The third-order valence-corrected chi connectivity index (χ3v) is 5.43. The molecule has 0 bridgehead atoms. The van der Waals surface area contributed by atoms with Gasteiger partial charge in [-0.15, -0.1) is 0 Å². The van der Waals surface area contributed by atoms with Crippen molar-refractivity contribution in [1.82, 2.24) is 14.9 Å². The van der Waals surface area contributed by atoms with Gasteiger partial charge in [-0.1, -0.05) is 23.7 Å². The van der Waals surface area contributed by atoms with Crippen LogP contribution in [-0.2, 0) is 11.0 Å². The van der Waals surface area contributed by atoms with E-state index < -0.39 is 22.7 Å². The third kappa shape index (κ3) is 8.76. The van der Waals surface area contributed by atoms with Gasteiger partial charge in [0.25, 0.3) is 0 Å². The summed E-state index contributed by atoms with van der Waals surface area (Å²) >= 11 is 5.62. The van der Waals surface area contributed by atoms with E-state index in [0.29, 0.717) is 23.1 Å². The van der Waals surface area contributed by atoms with E-state index in [9.17, 15) is 18.0 Å². The number of hydrogen-bond donors (Lipinski definition) is 1. The van der Waals surface area contributed by atoms with Crippen molar-refractivity contribution in [3.63, 3.8) is 0 Å². The maximum atomic E-state index is 13.0. The number of carbonyl (C=O) groups is 1.